The largest absolute Gasteiger partial charge is 0.390 e. The number of ether oxygens (including phenoxy) is 3. The highest BCUT2D eigenvalue weighted by molar-refractivity contribution is 5.19. The normalized spacial score (nSPS) is 14.1. The van der Waals surface area contributed by atoms with Crippen molar-refractivity contribution in [1.82, 2.24) is 0 Å². The van der Waals surface area contributed by atoms with Gasteiger partial charge >= 0.3 is 0 Å². The molecule has 168 valence electrons. The number of hydrogen-bond donors (Lipinski definition) is 2. The second-order valence-electron chi connectivity index (χ2n) is 7.39. The fraction of sp³-hybridized carbons (Fsp3) is 0.385. The van der Waals surface area contributed by atoms with Crippen LogP contribution in [0, 0.1) is 0 Å². The standard InChI is InChI=1S/C26H34O5/c1-29-17-24(15-16-26(28)21-31-19-23-11-6-3-7-12-23)13-8-14-25(27)20-30-18-22-9-4-2-5-10-22/h2-13,15,25-28H,14,16-21H2,1H3/b13-8+,24-15+/t25-,26-/m1/s1. The van der Waals surface area contributed by atoms with E-state index in [4.69, 9.17) is 14.2 Å². The molecule has 0 aliphatic rings. The maximum atomic E-state index is 10.2. The lowest BCUT2D eigenvalue weighted by atomic mass is 10.1. The minimum Gasteiger partial charge on any atom is -0.390 e. The molecule has 2 aromatic carbocycles. The fourth-order valence-corrected chi connectivity index (χ4v) is 2.92. The summed E-state index contributed by atoms with van der Waals surface area (Å²) >= 11 is 0. The molecule has 0 aliphatic carbocycles. The van der Waals surface area contributed by atoms with Gasteiger partial charge in [-0.25, -0.2) is 0 Å². The zero-order valence-corrected chi connectivity index (χ0v) is 18.2. The first kappa shape index (κ1) is 25.0. The lowest BCUT2D eigenvalue weighted by molar-refractivity contribution is 0.0298. The molecule has 0 saturated heterocycles. The molecular weight excluding hydrogens is 392 g/mol. The molecule has 2 rings (SSSR count). The number of methoxy groups -OCH3 is 1. The van der Waals surface area contributed by atoms with E-state index in [1.54, 1.807) is 7.11 Å². The summed E-state index contributed by atoms with van der Waals surface area (Å²) in [5.41, 5.74) is 3.11. The summed E-state index contributed by atoms with van der Waals surface area (Å²) in [6.45, 7) is 1.96. The van der Waals surface area contributed by atoms with Crippen LogP contribution in [0.2, 0.25) is 0 Å². The highest BCUT2D eigenvalue weighted by Crippen LogP contribution is 2.08. The van der Waals surface area contributed by atoms with Crippen LogP contribution in [0.15, 0.2) is 84.5 Å². The quantitative estimate of drug-likeness (QED) is 0.421. The average Bonchev–Trinajstić information content (AvgIpc) is 2.79. The molecule has 31 heavy (non-hydrogen) atoms. The van der Waals surface area contributed by atoms with Crippen molar-refractivity contribution in [1.29, 1.82) is 0 Å². The van der Waals surface area contributed by atoms with Crippen molar-refractivity contribution in [3.8, 4) is 0 Å². The molecule has 5 nitrogen and oxygen atoms in total. The smallest absolute Gasteiger partial charge is 0.0808 e. The lowest BCUT2D eigenvalue weighted by Crippen LogP contribution is -2.14. The van der Waals surface area contributed by atoms with Crippen LogP contribution in [0.3, 0.4) is 0 Å². The third kappa shape index (κ3) is 11.6. The van der Waals surface area contributed by atoms with Gasteiger partial charge in [0.05, 0.1) is 45.2 Å². The van der Waals surface area contributed by atoms with Gasteiger partial charge in [0, 0.05) is 7.11 Å². The second kappa shape index (κ2) is 15.5. The second-order valence-corrected chi connectivity index (χ2v) is 7.39. The molecule has 0 heterocycles. The summed E-state index contributed by atoms with van der Waals surface area (Å²) in [4.78, 5) is 0. The number of aliphatic hydroxyl groups is 2. The van der Waals surface area contributed by atoms with E-state index in [2.05, 4.69) is 0 Å². The van der Waals surface area contributed by atoms with Gasteiger partial charge in [-0.1, -0.05) is 78.9 Å². The van der Waals surface area contributed by atoms with E-state index in [1.807, 2.05) is 78.9 Å². The lowest BCUT2D eigenvalue weighted by Gasteiger charge is -2.11. The first-order valence-electron chi connectivity index (χ1n) is 10.6. The minimum atomic E-state index is -0.582. The van der Waals surface area contributed by atoms with E-state index < -0.39 is 12.2 Å². The first-order chi connectivity index (χ1) is 15.2. The van der Waals surface area contributed by atoms with Crippen molar-refractivity contribution in [2.75, 3.05) is 26.9 Å². The molecule has 0 fully saturated rings. The Labute approximate surface area is 185 Å². The average molecular weight is 427 g/mol. The van der Waals surface area contributed by atoms with E-state index in [0.717, 1.165) is 16.7 Å². The van der Waals surface area contributed by atoms with Gasteiger partial charge in [0.15, 0.2) is 0 Å². The predicted octanol–water partition coefficient (Wildman–Crippen LogP) is 4.05. The molecule has 0 spiro atoms. The predicted molar refractivity (Wildman–Crippen MR) is 123 cm³/mol. The van der Waals surface area contributed by atoms with Crippen LogP contribution >= 0.6 is 0 Å². The van der Waals surface area contributed by atoms with Crippen molar-refractivity contribution < 1.29 is 24.4 Å². The minimum absolute atomic E-state index is 0.271. The van der Waals surface area contributed by atoms with E-state index >= 15 is 0 Å². The molecule has 2 N–H and O–H groups in total. The summed E-state index contributed by atoms with van der Waals surface area (Å²) in [5.74, 6) is 0. The van der Waals surface area contributed by atoms with Crippen molar-refractivity contribution in [2.24, 2.45) is 0 Å². The van der Waals surface area contributed by atoms with Crippen molar-refractivity contribution >= 4 is 0 Å². The van der Waals surface area contributed by atoms with E-state index in [1.165, 1.54) is 0 Å². The number of aliphatic hydroxyl groups excluding tert-OH is 2. The Kier molecular flexibility index (Phi) is 12.5. The summed E-state index contributed by atoms with van der Waals surface area (Å²) in [6, 6.07) is 19.8. The Balaban J connectivity index is 1.66. The molecule has 0 aliphatic heterocycles. The Morgan fingerprint density at radius 3 is 1.84 bits per heavy atom. The molecule has 2 atom stereocenters. The number of benzene rings is 2. The van der Waals surface area contributed by atoms with Gasteiger partial charge in [-0.05, 0) is 29.5 Å². The maximum Gasteiger partial charge on any atom is 0.0808 e. The monoisotopic (exact) mass is 426 g/mol. The SMILES string of the molecule is COCC(/C=C/C[C@@H](O)COCc1ccccc1)=C/C[C@@H](O)COCc1ccccc1. The molecule has 0 aromatic heterocycles. The van der Waals surface area contributed by atoms with Crippen molar-refractivity contribution in [2.45, 2.75) is 38.3 Å². The summed E-state index contributed by atoms with van der Waals surface area (Å²) < 4.78 is 16.4. The van der Waals surface area contributed by atoms with Gasteiger partial charge < -0.3 is 24.4 Å². The van der Waals surface area contributed by atoms with Gasteiger partial charge in [-0.15, -0.1) is 0 Å². The van der Waals surface area contributed by atoms with Crippen LogP contribution in [-0.4, -0.2) is 49.4 Å². The fourth-order valence-electron chi connectivity index (χ4n) is 2.92. The van der Waals surface area contributed by atoms with Gasteiger partial charge in [0.1, 0.15) is 0 Å². The van der Waals surface area contributed by atoms with Crippen LogP contribution < -0.4 is 0 Å². The van der Waals surface area contributed by atoms with Crippen LogP contribution in [0.25, 0.3) is 0 Å². The van der Waals surface area contributed by atoms with E-state index in [-0.39, 0.29) is 13.2 Å². The van der Waals surface area contributed by atoms with Crippen LogP contribution in [0.1, 0.15) is 24.0 Å². The maximum absolute atomic E-state index is 10.2. The third-order valence-electron chi connectivity index (χ3n) is 4.55. The topological polar surface area (TPSA) is 68.2 Å². The van der Waals surface area contributed by atoms with Gasteiger partial charge in [-0.3, -0.25) is 0 Å². The Morgan fingerprint density at radius 2 is 1.32 bits per heavy atom. The molecule has 0 unspecified atom stereocenters. The van der Waals surface area contributed by atoms with Gasteiger partial charge in [0.25, 0.3) is 0 Å². The van der Waals surface area contributed by atoms with Crippen LogP contribution in [0.4, 0.5) is 0 Å². The highest BCUT2D eigenvalue weighted by Gasteiger charge is 2.05. The van der Waals surface area contributed by atoms with Crippen molar-refractivity contribution in [3.63, 3.8) is 0 Å². The van der Waals surface area contributed by atoms with Gasteiger partial charge in [0.2, 0.25) is 0 Å². The Hall–Kier alpha value is -2.28. The molecule has 0 bridgehead atoms. The number of rotatable bonds is 15. The zero-order valence-electron chi connectivity index (χ0n) is 18.2. The Morgan fingerprint density at radius 1 is 0.806 bits per heavy atom. The summed E-state index contributed by atoms with van der Waals surface area (Å²) in [6.07, 6.45) is 5.57. The number of hydrogen-bond acceptors (Lipinski definition) is 5. The molecule has 0 amide bonds. The van der Waals surface area contributed by atoms with E-state index in [9.17, 15) is 10.2 Å². The molecule has 0 saturated carbocycles. The summed E-state index contributed by atoms with van der Waals surface area (Å²) in [7, 11) is 1.63. The first-order valence-corrected chi connectivity index (χ1v) is 10.6. The van der Waals surface area contributed by atoms with Crippen molar-refractivity contribution in [3.05, 3.63) is 95.6 Å². The van der Waals surface area contributed by atoms with Crippen LogP contribution in [-0.2, 0) is 27.4 Å². The molecule has 2 aromatic rings. The zero-order chi connectivity index (χ0) is 22.2. The highest BCUT2D eigenvalue weighted by atomic mass is 16.5. The Bertz CT molecular complexity index is 758. The molecule has 0 radical (unpaired) electrons. The molecule has 5 heteroatoms. The summed E-state index contributed by atoms with van der Waals surface area (Å²) in [5, 5.41) is 20.3. The third-order valence-corrected chi connectivity index (χ3v) is 4.55. The molecular formula is C26H34O5. The van der Waals surface area contributed by atoms with E-state index in [0.29, 0.717) is 32.7 Å². The van der Waals surface area contributed by atoms with Gasteiger partial charge in [-0.2, -0.15) is 0 Å². The van der Waals surface area contributed by atoms with Crippen LogP contribution in [0.5, 0.6) is 0 Å².